The van der Waals surface area contributed by atoms with Gasteiger partial charge in [0.1, 0.15) is 5.75 Å². The van der Waals surface area contributed by atoms with Gasteiger partial charge in [0, 0.05) is 4.47 Å². The van der Waals surface area contributed by atoms with Crippen molar-refractivity contribution in [1.82, 2.24) is 5.43 Å². The summed E-state index contributed by atoms with van der Waals surface area (Å²) >= 11 is 3.44. The van der Waals surface area contributed by atoms with E-state index in [1.54, 1.807) is 19.2 Å². The maximum Gasteiger partial charge on any atom is 0.277 e. The Morgan fingerprint density at radius 1 is 1.15 bits per heavy atom. The third kappa shape index (κ3) is 5.99. The lowest BCUT2D eigenvalue weighted by Gasteiger charge is -2.12. The molecule has 1 N–H and O–H groups in total. The molecule has 0 atom stereocenters. The Morgan fingerprint density at radius 3 is 2.48 bits per heavy atom. The molecule has 0 aliphatic carbocycles. The zero-order valence-electron chi connectivity index (χ0n) is 15.8. The van der Waals surface area contributed by atoms with Gasteiger partial charge in [-0.2, -0.15) is 5.10 Å². The second-order valence-corrected chi connectivity index (χ2v) is 6.71. The Morgan fingerprint density at radius 2 is 1.85 bits per heavy atom. The molecule has 27 heavy (non-hydrogen) atoms. The molecule has 0 bridgehead atoms. The summed E-state index contributed by atoms with van der Waals surface area (Å²) in [6.45, 7) is 6.21. The number of rotatable bonds is 8. The number of carbonyl (C=O) groups excluding carboxylic acids is 1. The number of nitrogens with one attached hydrogen (secondary N) is 1. The molecular weight excluding hydrogens is 412 g/mol. The van der Waals surface area contributed by atoms with Gasteiger partial charge in [-0.3, -0.25) is 4.79 Å². The number of aryl methyl sites for hydroxylation is 2. The lowest BCUT2D eigenvalue weighted by molar-refractivity contribution is -0.123. The Kier molecular flexibility index (Phi) is 7.67. The lowest BCUT2D eigenvalue weighted by Crippen LogP contribution is -2.25. The second kappa shape index (κ2) is 9.97. The molecule has 7 heteroatoms. The van der Waals surface area contributed by atoms with Crippen molar-refractivity contribution >= 4 is 28.1 Å². The quantitative estimate of drug-likeness (QED) is 0.503. The molecule has 2 aromatic carbocycles. The first-order valence-electron chi connectivity index (χ1n) is 8.46. The average Bonchev–Trinajstić information content (AvgIpc) is 2.62. The number of amides is 1. The van der Waals surface area contributed by atoms with E-state index >= 15 is 0 Å². The van der Waals surface area contributed by atoms with Gasteiger partial charge in [-0.15, -0.1) is 0 Å². The van der Waals surface area contributed by atoms with Crippen LogP contribution in [0.15, 0.2) is 39.9 Å². The molecule has 2 aromatic rings. The number of ether oxygens (including phenoxy) is 3. The van der Waals surface area contributed by atoms with Crippen LogP contribution in [-0.2, 0) is 4.79 Å². The summed E-state index contributed by atoms with van der Waals surface area (Å²) in [6.07, 6.45) is 1.53. The van der Waals surface area contributed by atoms with Gasteiger partial charge in [0.25, 0.3) is 5.91 Å². The predicted octanol–water partition coefficient (Wildman–Crippen LogP) is 4.00. The summed E-state index contributed by atoms with van der Waals surface area (Å²) in [5, 5.41) is 3.96. The van der Waals surface area contributed by atoms with Crippen molar-refractivity contribution in [3.63, 3.8) is 0 Å². The van der Waals surface area contributed by atoms with Crippen molar-refractivity contribution in [2.45, 2.75) is 20.8 Å². The highest BCUT2D eigenvalue weighted by Gasteiger charge is 2.08. The Balaban J connectivity index is 1.92. The highest BCUT2D eigenvalue weighted by Crippen LogP contribution is 2.28. The van der Waals surface area contributed by atoms with Crippen LogP contribution in [0.2, 0.25) is 0 Å². The molecule has 0 radical (unpaired) electrons. The molecule has 0 heterocycles. The minimum Gasteiger partial charge on any atom is -0.493 e. The van der Waals surface area contributed by atoms with Crippen LogP contribution in [0, 0.1) is 13.8 Å². The van der Waals surface area contributed by atoms with Gasteiger partial charge < -0.3 is 14.2 Å². The summed E-state index contributed by atoms with van der Waals surface area (Å²) < 4.78 is 17.4. The smallest absolute Gasteiger partial charge is 0.277 e. The normalized spacial score (nSPS) is 10.7. The molecule has 0 saturated carbocycles. The highest BCUT2D eigenvalue weighted by molar-refractivity contribution is 9.10. The van der Waals surface area contributed by atoms with Crippen molar-refractivity contribution in [1.29, 1.82) is 0 Å². The summed E-state index contributed by atoms with van der Waals surface area (Å²) in [5.74, 6) is 1.63. The topological polar surface area (TPSA) is 69.2 Å². The van der Waals surface area contributed by atoms with Gasteiger partial charge >= 0.3 is 0 Å². The molecule has 0 spiro atoms. The Labute approximate surface area is 167 Å². The van der Waals surface area contributed by atoms with Crippen LogP contribution in [0.1, 0.15) is 23.6 Å². The predicted molar refractivity (Wildman–Crippen MR) is 109 cm³/mol. The van der Waals surface area contributed by atoms with E-state index in [0.29, 0.717) is 23.9 Å². The van der Waals surface area contributed by atoms with Gasteiger partial charge in [-0.25, -0.2) is 5.43 Å². The number of nitrogens with zero attached hydrogens (tertiary/aromatic N) is 1. The molecule has 1 amide bonds. The van der Waals surface area contributed by atoms with Gasteiger partial charge in [-0.1, -0.05) is 15.9 Å². The third-order valence-corrected chi connectivity index (χ3v) is 4.12. The van der Waals surface area contributed by atoms with E-state index in [-0.39, 0.29) is 12.5 Å². The summed E-state index contributed by atoms with van der Waals surface area (Å²) in [4.78, 5) is 12.0. The Hall–Kier alpha value is -2.54. The van der Waals surface area contributed by atoms with Gasteiger partial charge in [-0.05, 0) is 67.8 Å². The van der Waals surface area contributed by atoms with Crippen molar-refractivity contribution in [2.75, 3.05) is 20.3 Å². The van der Waals surface area contributed by atoms with Crippen molar-refractivity contribution < 1.29 is 19.0 Å². The van der Waals surface area contributed by atoms with E-state index in [1.807, 2.05) is 39.0 Å². The SMILES string of the molecule is CCOc1ccc(/C=N/NC(=O)COc2c(C)cc(Br)cc2C)cc1OC. The second-order valence-electron chi connectivity index (χ2n) is 5.79. The van der Waals surface area contributed by atoms with E-state index in [9.17, 15) is 4.79 Å². The van der Waals surface area contributed by atoms with Crippen LogP contribution in [0.4, 0.5) is 0 Å². The van der Waals surface area contributed by atoms with Crippen LogP contribution in [0.3, 0.4) is 0 Å². The number of benzene rings is 2. The number of methoxy groups -OCH3 is 1. The van der Waals surface area contributed by atoms with E-state index < -0.39 is 0 Å². The van der Waals surface area contributed by atoms with Crippen LogP contribution in [0.25, 0.3) is 0 Å². The maximum atomic E-state index is 12.0. The molecule has 144 valence electrons. The number of carbonyl (C=O) groups is 1. The van der Waals surface area contributed by atoms with Gasteiger partial charge in [0.15, 0.2) is 18.1 Å². The van der Waals surface area contributed by atoms with Crippen LogP contribution < -0.4 is 19.6 Å². The van der Waals surface area contributed by atoms with Crippen LogP contribution in [-0.4, -0.2) is 32.4 Å². The fourth-order valence-corrected chi connectivity index (χ4v) is 3.20. The number of hydrogen-bond donors (Lipinski definition) is 1. The minimum absolute atomic E-state index is 0.118. The molecule has 0 aliphatic rings. The summed E-state index contributed by atoms with van der Waals surface area (Å²) in [5.41, 5.74) is 5.14. The van der Waals surface area contributed by atoms with Crippen LogP contribution in [0.5, 0.6) is 17.2 Å². The zero-order chi connectivity index (χ0) is 19.8. The first-order valence-corrected chi connectivity index (χ1v) is 9.26. The number of hydrogen-bond acceptors (Lipinski definition) is 5. The van der Waals surface area contributed by atoms with Crippen LogP contribution >= 0.6 is 15.9 Å². The number of hydrazone groups is 1. The monoisotopic (exact) mass is 434 g/mol. The fraction of sp³-hybridized carbons (Fsp3) is 0.300. The zero-order valence-corrected chi connectivity index (χ0v) is 17.4. The summed E-state index contributed by atoms with van der Waals surface area (Å²) in [7, 11) is 1.57. The molecule has 2 rings (SSSR count). The molecular formula is C20H23BrN2O4. The molecule has 6 nitrogen and oxygen atoms in total. The molecule has 0 aromatic heterocycles. The van der Waals surface area contributed by atoms with Crippen molar-refractivity contribution in [3.8, 4) is 17.2 Å². The van der Waals surface area contributed by atoms with E-state index in [4.69, 9.17) is 14.2 Å². The lowest BCUT2D eigenvalue weighted by atomic mass is 10.1. The van der Waals surface area contributed by atoms with Crippen molar-refractivity contribution in [2.24, 2.45) is 5.10 Å². The minimum atomic E-state index is -0.342. The fourth-order valence-electron chi connectivity index (χ4n) is 2.51. The molecule has 0 saturated heterocycles. The third-order valence-electron chi connectivity index (χ3n) is 3.66. The van der Waals surface area contributed by atoms with E-state index in [0.717, 1.165) is 21.2 Å². The Bertz CT molecular complexity index is 814. The van der Waals surface area contributed by atoms with Crippen molar-refractivity contribution in [3.05, 3.63) is 51.5 Å². The van der Waals surface area contributed by atoms with Gasteiger partial charge in [0.2, 0.25) is 0 Å². The average molecular weight is 435 g/mol. The summed E-state index contributed by atoms with van der Waals surface area (Å²) in [6, 6.07) is 9.29. The largest absolute Gasteiger partial charge is 0.493 e. The number of halogens is 1. The first-order chi connectivity index (χ1) is 12.9. The highest BCUT2D eigenvalue weighted by atomic mass is 79.9. The standard InChI is InChI=1S/C20H23BrN2O4/c1-5-26-17-7-6-15(10-18(17)25-4)11-22-23-19(24)12-27-20-13(2)8-16(21)9-14(20)3/h6-11H,5,12H2,1-4H3,(H,23,24)/b22-11+. The molecule has 0 fully saturated rings. The van der Waals surface area contributed by atoms with E-state index in [1.165, 1.54) is 6.21 Å². The molecule has 0 unspecified atom stereocenters. The van der Waals surface area contributed by atoms with E-state index in [2.05, 4.69) is 26.5 Å². The molecule has 0 aliphatic heterocycles. The maximum absolute atomic E-state index is 12.0. The van der Waals surface area contributed by atoms with Gasteiger partial charge in [0.05, 0.1) is 19.9 Å². The first kappa shape index (κ1) is 20.8.